The first kappa shape index (κ1) is 21.5. The minimum atomic E-state index is -0.459. The number of esters is 1. The number of carbonyl (C=O) groups excluding carboxylic acids is 3. The van der Waals surface area contributed by atoms with Gasteiger partial charge >= 0.3 is 5.97 Å². The van der Waals surface area contributed by atoms with Crippen molar-refractivity contribution < 1.29 is 19.1 Å². The summed E-state index contributed by atoms with van der Waals surface area (Å²) in [5.41, 5.74) is 0.947. The number of rotatable bonds is 8. The average Bonchev–Trinajstić information content (AvgIpc) is 2.65. The van der Waals surface area contributed by atoms with Crippen LogP contribution in [0.4, 0.5) is 5.69 Å². The van der Waals surface area contributed by atoms with E-state index in [1.54, 1.807) is 18.2 Å². The Hall–Kier alpha value is -1.77. The van der Waals surface area contributed by atoms with Crippen LogP contribution in [0.2, 0.25) is 0 Å². The molecule has 2 aromatic rings. The van der Waals surface area contributed by atoms with Gasteiger partial charge in [-0.1, -0.05) is 22.0 Å². The first-order valence-corrected chi connectivity index (χ1v) is 10.9. The lowest BCUT2D eigenvalue weighted by Gasteiger charge is -2.10. The zero-order valence-corrected chi connectivity index (χ0v) is 18.0. The largest absolute Gasteiger partial charge is 0.457 e. The highest BCUT2D eigenvalue weighted by atomic mass is 79.9. The molecule has 2 aromatic carbocycles. The molecule has 0 radical (unpaired) electrons. The van der Waals surface area contributed by atoms with Crippen molar-refractivity contribution in [2.24, 2.45) is 0 Å². The highest BCUT2D eigenvalue weighted by molar-refractivity contribution is 9.10. The molecule has 0 aromatic heterocycles. The van der Waals surface area contributed by atoms with Gasteiger partial charge in [-0.3, -0.25) is 14.4 Å². The molecule has 0 bridgehead atoms. The minimum absolute atomic E-state index is 0.122. The van der Waals surface area contributed by atoms with Crippen molar-refractivity contribution in [3.8, 4) is 0 Å². The smallest absolute Gasteiger partial charge is 0.316 e. The molecule has 0 aliphatic rings. The number of ketones is 1. The molecule has 5 nitrogen and oxygen atoms in total. The van der Waals surface area contributed by atoms with Gasteiger partial charge < -0.3 is 10.1 Å². The van der Waals surface area contributed by atoms with E-state index in [0.29, 0.717) is 11.3 Å². The molecule has 8 heteroatoms. The van der Waals surface area contributed by atoms with Crippen molar-refractivity contribution in [1.29, 1.82) is 0 Å². The van der Waals surface area contributed by atoms with E-state index >= 15 is 0 Å². The van der Waals surface area contributed by atoms with Crippen LogP contribution in [0.1, 0.15) is 17.3 Å². The Morgan fingerprint density at radius 3 is 2.44 bits per heavy atom. The molecule has 0 aliphatic heterocycles. The number of ether oxygens (including phenoxy) is 1. The number of carbonyl (C=O) groups is 3. The van der Waals surface area contributed by atoms with Gasteiger partial charge in [-0.15, -0.1) is 23.5 Å². The standard InChI is InChI=1S/C19H18BrNO4S2/c1-12(22)21-16-9-13(3-8-18(16)26-2)17(23)10-25-19(24)11-27-15-6-4-14(20)5-7-15/h3-9H,10-11H2,1-2H3,(H,21,22). The Kier molecular flexibility index (Phi) is 8.40. The molecule has 0 unspecified atom stereocenters. The predicted octanol–water partition coefficient (Wildman–Crippen LogP) is 4.65. The third kappa shape index (κ3) is 7.04. The fourth-order valence-corrected chi connectivity index (χ4v) is 3.61. The Balaban J connectivity index is 1.89. The summed E-state index contributed by atoms with van der Waals surface area (Å²) in [6.07, 6.45) is 1.88. The van der Waals surface area contributed by atoms with Gasteiger partial charge in [-0.25, -0.2) is 0 Å². The second-order valence-corrected chi connectivity index (χ2v) is 8.24. The van der Waals surface area contributed by atoms with Crippen LogP contribution in [0.25, 0.3) is 0 Å². The highest BCUT2D eigenvalue weighted by Crippen LogP contribution is 2.27. The molecule has 142 valence electrons. The van der Waals surface area contributed by atoms with Crippen LogP contribution in [-0.2, 0) is 14.3 Å². The molecule has 0 fully saturated rings. The Morgan fingerprint density at radius 1 is 1.11 bits per heavy atom. The van der Waals surface area contributed by atoms with E-state index < -0.39 is 5.97 Å². The number of hydrogen-bond acceptors (Lipinski definition) is 6. The summed E-state index contributed by atoms with van der Waals surface area (Å²) in [5, 5.41) is 2.70. The maximum absolute atomic E-state index is 12.3. The SMILES string of the molecule is CSc1ccc(C(=O)COC(=O)CSc2ccc(Br)cc2)cc1NC(C)=O. The number of benzene rings is 2. The topological polar surface area (TPSA) is 72.5 Å². The summed E-state index contributed by atoms with van der Waals surface area (Å²) in [7, 11) is 0. The monoisotopic (exact) mass is 467 g/mol. The third-order valence-corrected chi connectivity index (χ3v) is 5.68. The van der Waals surface area contributed by atoms with Crippen LogP contribution in [-0.4, -0.2) is 36.3 Å². The van der Waals surface area contributed by atoms with E-state index in [1.807, 2.05) is 30.5 Å². The van der Waals surface area contributed by atoms with Gasteiger partial charge in [0, 0.05) is 26.8 Å². The number of anilines is 1. The lowest BCUT2D eigenvalue weighted by Crippen LogP contribution is -2.16. The van der Waals surface area contributed by atoms with Crippen molar-refractivity contribution in [1.82, 2.24) is 0 Å². The maximum Gasteiger partial charge on any atom is 0.316 e. The normalized spacial score (nSPS) is 10.3. The molecule has 2 rings (SSSR count). The fourth-order valence-electron chi connectivity index (χ4n) is 2.11. The van der Waals surface area contributed by atoms with Gasteiger partial charge in [0.1, 0.15) is 0 Å². The van der Waals surface area contributed by atoms with Crippen molar-refractivity contribution in [3.63, 3.8) is 0 Å². The number of nitrogens with one attached hydrogen (secondary N) is 1. The van der Waals surface area contributed by atoms with Crippen LogP contribution in [0.3, 0.4) is 0 Å². The van der Waals surface area contributed by atoms with Crippen molar-refractivity contribution >= 4 is 62.8 Å². The minimum Gasteiger partial charge on any atom is -0.457 e. The second kappa shape index (κ2) is 10.5. The molecule has 1 amide bonds. The van der Waals surface area contributed by atoms with Gasteiger partial charge in [-0.05, 0) is 42.7 Å². The van der Waals surface area contributed by atoms with Crippen molar-refractivity contribution in [2.75, 3.05) is 23.9 Å². The highest BCUT2D eigenvalue weighted by Gasteiger charge is 2.13. The Bertz CT molecular complexity index is 840. The molecule has 1 N–H and O–H groups in total. The summed E-state index contributed by atoms with van der Waals surface area (Å²) in [6.45, 7) is 1.07. The fraction of sp³-hybridized carbons (Fsp3) is 0.211. The van der Waals surface area contributed by atoms with Gasteiger partial charge in [0.05, 0.1) is 11.4 Å². The zero-order valence-electron chi connectivity index (χ0n) is 14.8. The quantitative estimate of drug-likeness (QED) is 0.346. The lowest BCUT2D eigenvalue weighted by atomic mass is 10.1. The number of amides is 1. The summed E-state index contributed by atoms with van der Waals surface area (Å²) < 4.78 is 6.03. The third-order valence-electron chi connectivity index (χ3n) is 3.37. The Labute approximate surface area is 174 Å². The van der Waals surface area contributed by atoms with Crippen LogP contribution in [0.5, 0.6) is 0 Å². The van der Waals surface area contributed by atoms with E-state index in [0.717, 1.165) is 14.3 Å². The molecule has 0 saturated heterocycles. The van der Waals surface area contributed by atoms with E-state index in [4.69, 9.17) is 4.74 Å². The van der Waals surface area contributed by atoms with E-state index in [9.17, 15) is 14.4 Å². The first-order chi connectivity index (χ1) is 12.9. The summed E-state index contributed by atoms with van der Waals surface area (Å²) >= 11 is 6.16. The average molecular weight is 468 g/mol. The second-order valence-electron chi connectivity index (χ2n) is 5.42. The first-order valence-electron chi connectivity index (χ1n) is 7.92. The number of Topliss-reactive ketones (excluding diaryl/α,β-unsaturated/α-hetero) is 1. The van der Waals surface area contributed by atoms with Gasteiger partial charge in [0.15, 0.2) is 12.4 Å². The molecule has 0 spiro atoms. The van der Waals surface area contributed by atoms with Crippen LogP contribution < -0.4 is 5.32 Å². The maximum atomic E-state index is 12.3. The van der Waals surface area contributed by atoms with Crippen LogP contribution in [0.15, 0.2) is 56.7 Å². The van der Waals surface area contributed by atoms with E-state index in [2.05, 4.69) is 21.2 Å². The summed E-state index contributed by atoms with van der Waals surface area (Å²) in [6, 6.07) is 12.6. The van der Waals surface area contributed by atoms with Crippen LogP contribution in [0, 0.1) is 0 Å². The van der Waals surface area contributed by atoms with Crippen molar-refractivity contribution in [3.05, 3.63) is 52.5 Å². The van der Waals surface area contributed by atoms with Crippen LogP contribution >= 0.6 is 39.5 Å². The molecule has 27 heavy (non-hydrogen) atoms. The summed E-state index contributed by atoms with van der Waals surface area (Å²) in [4.78, 5) is 37.3. The molecular weight excluding hydrogens is 450 g/mol. The molecule has 0 heterocycles. The number of halogens is 1. The van der Waals surface area contributed by atoms with Gasteiger partial charge in [0.25, 0.3) is 0 Å². The molecular formula is C19H18BrNO4S2. The number of hydrogen-bond donors (Lipinski definition) is 1. The van der Waals surface area contributed by atoms with Gasteiger partial charge in [-0.2, -0.15) is 0 Å². The van der Waals surface area contributed by atoms with E-state index in [-0.39, 0.29) is 24.1 Å². The van der Waals surface area contributed by atoms with Crippen molar-refractivity contribution in [2.45, 2.75) is 16.7 Å². The number of thioether (sulfide) groups is 2. The molecule has 0 atom stereocenters. The Morgan fingerprint density at radius 2 is 1.81 bits per heavy atom. The molecule has 0 aliphatic carbocycles. The lowest BCUT2D eigenvalue weighted by molar-refractivity contribution is -0.139. The predicted molar refractivity (Wildman–Crippen MR) is 113 cm³/mol. The molecule has 0 saturated carbocycles. The summed E-state index contributed by atoms with van der Waals surface area (Å²) in [5.74, 6) is -0.876. The zero-order chi connectivity index (χ0) is 19.8. The van der Waals surface area contributed by atoms with Gasteiger partial charge in [0.2, 0.25) is 5.91 Å². The van der Waals surface area contributed by atoms with E-state index in [1.165, 1.54) is 30.4 Å².